The first-order valence-corrected chi connectivity index (χ1v) is 10.1. The third-order valence-electron chi connectivity index (χ3n) is 5.08. The first-order chi connectivity index (χ1) is 14.0. The number of hydrogen-bond donors (Lipinski definition) is 1. The van der Waals surface area contributed by atoms with Gasteiger partial charge in [0, 0.05) is 5.56 Å². The first kappa shape index (κ1) is 20.9. The SMILES string of the molecule is CCCCC[C@@H]1OC(=O)c2c(C)cccc2Oc2c(cccc2OC)/C=C/[C@H]1O. The van der Waals surface area contributed by atoms with Crippen molar-refractivity contribution in [3.8, 4) is 17.2 Å². The van der Waals surface area contributed by atoms with Crippen molar-refractivity contribution in [1.82, 2.24) is 0 Å². The monoisotopic (exact) mass is 396 g/mol. The maximum Gasteiger partial charge on any atom is 0.342 e. The predicted octanol–water partition coefficient (Wildman–Crippen LogP) is 5.29. The van der Waals surface area contributed by atoms with E-state index >= 15 is 0 Å². The van der Waals surface area contributed by atoms with Crippen molar-refractivity contribution in [1.29, 1.82) is 0 Å². The summed E-state index contributed by atoms with van der Waals surface area (Å²) in [6, 6.07) is 10.9. The summed E-state index contributed by atoms with van der Waals surface area (Å²) in [5.74, 6) is 0.937. The molecule has 2 aromatic carbocycles. The lowest BCUT2D eigenvalue weighted by Gasteiger charge is -2.22. The van der Waals surface area contributed by atoms with Crippen LogP contribution in [0.4, 0.5) is 0 Å². The quantitative estimate of drug-likeness (QED) is 0.549. The van der Waals surface area contributed by atoms with Gasteiger partial charge in [-0.3, -0.25) is 0 Å². The molecule has 2 atom stereocenters. The molecule has 0 aromatic heterocycles. The molecule has 5 heteroatoms. The van der Waals surface area contributed by atoms with Crippen molar-refractivity contribution in [2.24, 2.45) is 0 Å². The van der Waals surface area contributed by atoms with Gasteiger partial charge in [0.25, 0.3) is 0 Å². The number of hydrogen-bond acceptors (Lipinski definition) is 5. The maximum atomic E-state index is 13.0. The standard InChI is InChI=1S/C24H28O5/c1-4-5-6-11-19-18(25)15-14-17-10-8-13-21(27-3)23(17)28-20-12-7-9-16(2)22(20)24(26)29-19/h7-10,12-15,18-19,25H,4-6,11H2,1-3H3/b15-14+/t18-,19+/m1/s1. The van der Waals surface area contributed by atoms with Crippen molar-refractivity contribution in [2.45, 2.75) is 51.7 Å². The van der Waals surface area contributed by atoms with Crippen LogP contribution in [-0.2, 0) is 4.74 Å². The van der Waals surface area contributed by atoms with E-state index in [1.807, 2.05) is 31.2 Å². The van der Waals surface area contributed by atoms with Crippen LogP contribution in [0.25, 0.3) is 6.08 Å². The number of ether oxygens (including phenoxy) is 3. The second-order valence-electron chi connectivity index (χ2n) is 7.22. The van der Waals surface area contributed by atoms with Crippen LogP contribution in [0.3, 0.4) is 0 Å². The van der Waals surface area contributed by atoms with Gasteiger partial charge in [0.1, 0.15) is 23.5 Å². The molecule has 0 radical (unpaired) electrons. The third kappa shape index (κ3) is 4.80. The van der Waals surface area contributed by atoms with E-state index in [2.05, 4.69) is 6.92 Å². The van der Waals surface area contributed by atoms with Gasteiger partial charge in [0.05, 0.1) is 7.11 Å². The zero-order chi connectivity index (χ0) is 20.8. The fourth-order valence-electron chi connectivity index (χ4n) is 3.45. The van der Waals surface area contributed by atoms with E-state index in [0.29, 0.717) is 29.2 Å². The number of para-hydroxylation sites is 1. The Morgan fingerprint density at radius 3 is 2.69 bits per heavy atom. The molecule has 0 aliphatic carbocycles. The highest BCUT2D eigenvalue weighted by atomic mass is 16.6. The van der Waals surface area contributed by atoms with Crippen molar-refractivity contribution in [3.63, 3.8) is 0 Å². The van der Waals surface area contributed by atoms with Crippen molar-refractivity contribution in [2.75, 3.05) is 7.11 Å². The number of unbranched alkanes of at least 4 members (excludes halogenated alkanes) is 2. The molecule has 2 aromatic rings. The Balaban J connectivity index is 2.10. The average Bonchev–Trinajstić information content (AvgIpc) is 2.73. The number of cyclic esters (lactones) is 1. The lowest BCUT2D eigenvalue weighted by molar-refractivity contribution is -0.00759. The zero-order valence-electron chi connectivity index (χ0n) is 17.2. The number of aliphatic hydroxyl groups excluding tert-OH is 1. The van der Waals surface area contributed by atoms with Crippen molar-refractivity contribution in [3.05, 3.63) is 59.2 Å². The van der Waals surface area contributed by atoms with E-state index in [-0.39, 0.29) is 0 Å². The summed E-state index contributed by atoms with van der Waals surface area (Å²) in [7, 11) is 1.57. The van der Waals surface area contributed by atoms with Crippen molar-refractivity contribution >= 4 is 12.0 Å². The van der Waals surface area contributed by atoms with E-state index in [1.165, 1.54) is 0 Å². The summed E-state index contributed by atoms with van der Waals surface area (Å²) >= 11 is 0. The van der Waals surface area contributed by atoms with Gasteiger partial charge in [-0.1, -0.05) is 56.2 Å². The Morgan fingerprint density at radius 2 is 1.93 bits per heavy atom. The Kier molecular flexibility index (Phi) is 6.94. The number of rotatable bonds is 5. The molecule has 1 heterocycles. The zero-order valence-corrected chi connectivity index (χ0v) is 17.2. The fourth-order valence-corrected chi connectivity index (χ4v) is 3.45. The minimum absolute atomic E-state index is 0.360. The molecular weight excluding hydrogens is 368 g/mol. The van der Waals surface area contributed by atoms with Crippen LogP contribution in [0.2, 0.25) is 0 Å². The molecule has 0 amide bonds. The van der Waals surface area contributed by atoms with E-state index in [0.717, 1.165) is 30.4 Å². The largest absolute Gasteiger partial charge is 0.493 e. The molecule has 29 heavy (non-hydrogen) atoms. The number of methoxy groups -OCH3 is 1. The average molecular weight is 396 g/mol. The highest BCUT2D eigenvalue weighted by Crippen LogP contribution is 2.38. The number of aryl methyl sites for hydroxylation is 1. The number of carbonyl (C=O) groups excluding carboxylic acids is 1. The summed E-state index contributed by atoms with van der Waals surface area (Å²) in [4.78, 5) is 13.0. The number of carbonyl (C=O) groups is 1. The van der Waals surface area contributed by atoms with Crippen LogP contribution >= 0.6 is 0 Å². The Morgan fingerprint density at radius 1 is 1.14 bits per heavy atom. The van der Waals surface area contributed by atoms with E-state index in [4.69, 9.17) is 14.2 Å². The molecule has 154 valence electrons. The second kappa shape index (κ2) is 9.61. The van der Waals surface area contributed by atoms with Crippen LogP contribution in [0.5, 0.6) is 17.2 Å². The molecule has 0 spiro atoms. The predicted molar refractivity (Wildman–Crippen MR) is 113 cm³/mol. The lowest BCUT2D eigenvalue weighted by atomic mass is 10.0. The van der Waals surface area contributed by atoms with Crippen LogP contribution in [-0.4, -0.2) is 30.4 Å². The maximum absolute atomic E-state index is 13.0. The van der Waals surface area contributed by atoms with Gasteiger partial charge < -0.3 is 19.3 Å². The van der Waals surface area contributed by atoms with Gasteiger partial charge >= 0.3 is 5.97 Å². The summed E-state index contributed by atoms with van der Waals surface area (Å²) in [6.07, 6.45) is 5.43. The molecule has 1 aliphatic rings. The minimum Gasteiger partial charge on any atom is -0.493 e. The molecule has 3 rings (SSSR count). The normalized spacial score (nSPS) is 19.8. The fraction of sp³-hybridized carbons (Fsp3) is 0.375. The van der Waals surface area contributed by atoms with Crippen LogP contribution in [0, 0.1) is 6.92 Å². The highest BCUT2D eigenvalue weighted by Gasteiger charge is 2.27. The first-order valence-electron chi connectivity index (χ1n) is 10.1. The highest BCUT2D eigenvalue weighted by molar-refractivity contribution is 5.94. The molecular formula is C24H28O5. The molecule has 0 bridgehead atoms. The van der Waals surface area contributed by atoms with Gasteiger partial charge in [0.15, 0.2) is 11.5 Å². The molecule has 0 fully saturated rings. The van der Waals surface area contributed by atoms with E-state index < -0.39 is 18.2 Å². The number of fused-ring (bicyclic) bond motifs is 2. The van der Waals surface area contributed by atoms with Gasteiger partial charge in [0.2, 0.25) is 0 Å². The summed E-state index contributed by atoms with van der Waals surface area (Å²) in [6.45, 7) is 3.95. The number of aliphatic hydroxyl groups is 1. The minimum atomic E-state index is -0.916. The van der Waals surface area contributed by atoms with E-state index in [9.17, 15) is 9.90 Å². The summed E-state index contributed by atoms with van der Waals surface area (Å²) in [5, 5.41) is 10.7. The smallest absolute Gasteiger partial charge is 0.342 e. The lowest BCUT2D eigenvalue weighted by Crippen LogP contribution is -2.30. The van der Waals surface area contributed by atoms with Crippen LogP contribution in [0.1, 0.15) is 54.1 Å². The van der Waals surface area contributed by atoms with Gasteiger partial charge in [-0.05, 0) is 37.5 Å². The molecule has 1 aliphatic heterocycles. The molecule has 0 unspecified atom stereocenters. The van der Waals surface area contributed by atoms with Crippen LogP contribution in [0.15, 0.2) is 42.5 Å². The number of benzene rings is 2. The molecule has 0 saturated heterocycles. The van der Waals surface area contributed by atoms with Gasteiger partial charge in [-0.25, -0.2) is 4.79 Å². The van der Waals surface area contributed by atoms with E-state index in [1.54, 1.807) is 31.4 Å². The van der Waals surface area contributed by atoms with Gasteiger partial charge in [-0.2, -0.15) is 0 Å². The molecule has 5 nitrogen and oxygen atoms in total. The summed E-state index contributed by atoms with van der Waals surface area (Å²) < 4.78 is 17.4. The Hall–Kier alpha value is -2.79. The topological polar surface area (TPSA) is 65.0 Å². The van der Waals surface area contributed by atoms with Crippen molar-refractivity contribution < 1.29 is 24.1 Å². The Bertz CT molecular complexity index is 887. The molecule has 0 saturated carbocycles. The second-order valence-corrected chi connectivity index (χ2v) is 7.22. The van der Waals surface area contributed by atoms with Gasteiger partial charge in [-0.15, -0.1) is 0 Å². The number of esters is 1. The van der Waals surface area contributed by atoms with Crippen LogP contribution < -0.4 is 9.47 Å². The third-order valence-corrected chi connectivity index (χ3v) is 5.08. The summed E-state index contributed by atoms with van der Waals surface area (Å²) in [5.41, 5.74) is 1.86. The Labute approximate surface area is 171 Å². The molecule has 1 N–H and O–H groups in total.